The number of rotatable bonds is 34. The van der Waals surface area contributed by atoms with Crippen molar-refractivity contribution < 1.29 is 57.8 Å². The molecule has 2 saturated heterocycles. The summed E-state index contributed by atoms with van der Waals surface area (Å²) < 4.78 is 4.76. The second kappa shape index (κ2) is 33.1. The highest BCUT2D eigenvalue weighted by Crippen LogP contribution is 2.30. The summed E-state index contributed by atoms with van der Waals surface area (Å²) in [6, 6.07) is -8.32. The fraction of sp³-hybridized carbons (Fsp3) is 0.633. The number of hydrogen-bond donors (Lipinski definition) is 15. The number of anilines is 1. The molecule has 4 rings (SSSR count). The van der Waals surface area contributed by atoms with E-state index in [4.69, 9.17) is 44.8 Å². The number of carbonyl (C=O) groups excluding carboxylic acids is 8. The number of nitrogens with one attached hydrogen (secondary N) is 7. The SMILES string of the molecule is C[C@H](NC(=O)C(CCCCN)Nc1ccc([N+](=O)[O-])c2nonc12)C(=O)N[C@@H](CCCN=C(N)N)C(=O)N1CCC[C@H]1C(=O)N[C@@H](C)C(=O)N[C@@H](CCCN=C(N)N)C(=O)N1CCC[C@H]1C(=O)N[C@@H](C)C(=O)N[C@@H](CCCN=C(N)N)C(=O)O. The Morgan fingerprint density at radius 2 is 1.02 bits per heavy atom. The van der Waals surface area contributed by atoms with E-state index in [1.54, 1.807) is 0 Å². The molecule has 3 heterocycles. The first-order valence-electron chi connectivity index (χ1n) is 27.5. The van der Waals surface area contributed by atoms with Crippen molar-refractivity contribution in [2.45, 2.75) is 159 Å². The molecule has 0 saturated carbocycles. The highest BCUT2D eigenvalue weighted by Gasteiger charge is 2.41. The number of nitro benzene ring substituents is 1. The lowest BCUT2D eigenvalue weighted by Crippen LogP contribution is -2.59. The number of non-ortho nitro benzene ring substituents is 1. The normalized spacial score (nSPS) is 17.1. The maximum Gasteiger partial charge on any atom is 0.326 e. The van der Waals surface area contributed by atoms with E-state index < -0.39 is 113 Å². The number of benzene rings is 1. The van der Waals surface area contributed by atoms with E-state index in [1.807, 2.05) is 0 Å². The minimum Gasteiger partial charge on any atom is -0.480 e. The van der Waals surface area contributed by atoms with E-state index in [0.717, 1.165) is 0 Å². The van der Waals surface area contributed by atoms with E-state index in [0.29, 0.717) is 32.2 Å². The maximum absolute atomic E-state index is 14.5. The summed E-state index contributed by atoms with van der Waals surface area (Å²) in [6.45, 7) is 4.88. The number of hydrogen-bond acceptors (Lipinski definition) is 19. The fourth-order valence-corrected chi connectivity index (χ4v) is 9.38. The number of nitro groups is 1. The van der Waals surface area contributed by atoms with Gasteiger partial charge in [0, 0.05) is 38.8 Å². The molecule has 0 spiro atoms. The van der Waals surface area contributed by atoms with Crippen molar-refractivity contribution in [3.05, 3.63) is 22.2 Å². The number of nitrogens with zero attached hydrogens (tertiary/aromatic N) is 8. The van der Waals surface area contributed by atoms with Gasteiger partial charge in [-0.25, -0.2) is 9.42 Å². The topological polar surface area (TPSA) is 566 Å². The van der Waals surface area contributed by atoms with Crippen molar-refractivity contribution in [3.8, 4) is 0 Å². The average Bonchev–Trinajstić information content (AvgIpc) is 4.41. The molecule has 0 bridgehead atoms. The van der Waals surface area contributed by atoms with Gasteiger partial charge in [0.1, 0.15) is 54.4 Å². The molecule has 2 fully saturated rings. The number of guanidine groups is 3. The average molecular weight is 1190 g/mol. The minimum atomic E-state index is -1.32. The van der Waals surface area contributed by atoms with Gasteiger partial charge in [-0.05, 0) is 127 Å². The summed E-state index contributed by atoms with van der Waals surface area (Å²) >= 11 is 0. The summed E-state index contributed by atoms with van der Waals surface area (Å²) in [4.78, 5) is 148. The van der Waals surface area contributed by atoms with Gasteiger partial charge >= 0.3 is 11.7 Å². The minimum absolute atomic E-state index is 0.00548. The lowest BCUT2D eigenvalue weighted by molar-refractivity contribution is -0.383. The van der Waals surface area contributed by atoms with Gasteiger partial charge in [0.2, 0.25) is 52.8 Å². The van der Waals surface area contributed by atoms with Gasteiger partial charge in [-0.1, -0.05) is 0 Å². The number of nitrogens with two attached hydrogens (primary N) is 7. The fourth-order valence-electron chi connectivity index (χ4n) is 9.38. The molecule has 22 N–H and O–H groups in total. The molecule has 2 aromatic rings. The van der Waals surface area contributed by atoms with Crippen molar-refractivity contribution in [3.63, 3.8) is 0 Å². The Morgan fingerprint density at radius 1 is 0.607 bits per heavy atom. The molecule has 2 aliphatic rings. The third-order valence-corrected chi connectivity index (χ3v) is 13.8. The Kier molecular flexibility index (Phi) is 26.5. The molecule has 1 unspecified atom stereocenters. The number of amides is 8. The molecule has 35 heteroatoms. The first kappa shape index (κ1) is 67.3. The monoisotopic (exact) mass is 1180 g/mol. The smallest absolute Gasteiger partial charge is 0.326 e. The Bertz CT molecular complexity index is 2750. The molecular weight excluding hydrogens is 1100 g/mol. The molecule has 35 nitrogen and oxygen atoms in total. The zero-order valence-electron chi connectivity index (χ0n) is 47.3. The van der Waals surface area contributed by atoms with Gasteiger partial charge < -0.3 is 92.3 Å². The van der Waals surface area contributed by atoms with E-state index in [2.05, 4.69) is 62.5 Å². The first-order valence-corrected chi connectivity index (χ1v) is 27.5. The van der Waals surface area contributed by atoms with E-state index in [-0.39, 0.29) is 131 Å². The van der Waals surface area contributed by atoms with E-state index in [9.17, 15) is 58.4 Å². The molecule has 1 aromatic heterocycles. The van der Waals surface area contributed by atoms with Crippen LogP contribution in [0.5, 0.6) is 0 Å². The van der Waals surface area contributed by atoms with Crippen LogP contribution in [0, 0.1) is 10.1 Å². The number of aromatic nitrogens is 2. The standard InChI is InChI=1S/C49H80N22O13/c1-25(60-41(75)29(11-4-5-19-50)63-28-17-18-33(71(82)83)37-36(28)67-84-68-37)38(72)64-30(12-6-20-57-47(51)52)44(78)69-23-9-15-34(69)42(76)61-26(2)39(73)65-31(13-7-21-58-48(53)54)45(79)70-24-10-16-35(70)43(77)62-27(3)40(74)66-32(46(80)81)14-8-22-59-49(55)56/h17-18,25-27,29-32,34-35,63H,4-16,19-24,50H2,1-3H3,(H,60,75)(H,61,76)(H,62,77)(H,64,72)(H,65,73)(H,66,74)(H,80,81)(H4,51,52,57)(H4,53,54,58)(H4,55,56,59)/t25-,26-,27-,29?,30-,31-,32-,34-,35-/m0/s1. The lowest BCUT2D eigenvalue weighted by atomic mass is 10.1. The Labute approximate surface area is 482 Å². The number of aliphatic carboxylic acids is 1. The van der Waals surface area contributed by atoms with Crippen molar-refractivity contribution in [1.29, 1.82) is 0 Å². The number of unbranched alkanes of at least 4 members (excludes halogenated alkanes) is 1. The molecule has 0 radical (unpaired) electrons. The summed E-state index contributed by atoms with van der Waals surface area (Å²) in [5.41, 5.74) is 38.1. The Hall–Kier alpha value is -9.18. The third-order valence-electron chi connectivity index (χ3n) is 13.8. The van der Waals surface area contributed by atoms with Gasteiger partial charge in [-0.15, -0.1) is 0 Å². The van der Waals surface area contributed by atoms with Crippen molar-refractivity contribution in [2.24, 2.45) is 55.1 Å². The van der Waals surface area contributed by atoms with Crippen LogP contribution in [0.25, 0.3) is 11.0 Å². The van der Waals surface area contributed by atoms with E-state index in [1.165, 1.54) is 42.7 Å². The van der Waals surface area contributed by atoms with Crippen LogP contribution in [0.1, 0.15) is 104 Å². The van der Waals surface area contributed by atoms with Crippen LogP contribution in [-0.2, 0) is 43.2 Å². The summed E-state index contributed by atoms with van der Waals surface area (Å²) in [6.07, 6.45) is 2.88. The van der Waals surface area contributed by atoms with Gasteiger partial charge in [-0.2, -0.15) is 0 Å². The lowest BCUT2D eigenvalue weighted by Gasteiger charge is -2.31. The molecule has 2 aliphatic heterocycles. The molecule has 8 amide bonds. The predicted molar refractivity (Wildman–Crippen MR) is 304 cm³/mol. The molecule has 0 aliphatic carbocycles. The summed E-state index contributed by atoms with van der Waals surface area (Å²) in [5.74, 6) is -7.67. The van der Waals surface area contributed by atoms with Gasteiger partial charge in [0.05, 0.1) is 10.6 Å². The van der Waals surface area contributed by atoms with Crippen LogP contribution in [0.3, 0.4) is 0 Å². The van der Waals surface area contributed by atoms with Crippen molar-refractivity contribution >= 4 is 93.5 Å². The predicted octanol–water partition coefficient (Wildman–Crippen LogP) is -4.76. The van der Waals surface area contributed by atoms with E-state index >= 15 is 0 Å². The second-order valence-electron chi connectivity index (χ2n) is 20.3. The molecule has 84 heavy (non-hydrogen) atoms. The molecule has 9 atom stereocenters. The Morgan fingerprint density at radius 3 is 1.45 bits per heavy atom. The maximum atomic E-state index is 14.5. The van der Waals surface area contributed by atoms with Crippen LogP contribution < -0.4 is 77.4 Å². The number of carbonyl (C=O) groups is 9. The van der Waals surface area contributed by atoms with Crippen LogP contribution in [0.2, 0.25) is 0 Å². The zero-order valence-corrected chi connectivity index (χ0v) is 47.3. The number of carboxylic acid groups (broad SMARTS) is 1. The van der Waals surface area contributed by atoms with Crippen LogP contribution in [0.15, 0.2) is 31.7 Å². The van der Waals surface area contributed by atoms with Gasteiger partial charge in [-0.3, -0.25) is 63.4 Å². The molecule has 1 aromatic carbocycles. The number of aliphatic imine (C=N–C) groups is 3. The van der Waals surface area contributed by atoms with Crippen LogP contribution in [-0.4, -0.2) is 195 Å². The third kappa shape index (κ3) is 20.4. The largest absolute Gasteiger partial charge is 0.480 e. The number of fused-ring (bicyclic) bond motifs is 1. The molecule has 464 valence electrons. The van der Waals surface area contributed by atoms with Crippen molar-refractivity contribution in [1.82, 2.24) is 52.0 Å². The molecular formula is C49H80N22O13. The highest BCUT2D eigenvalue weighted by atomic mass is 16.6. The summed E-state index contributed by atoms with van der Waals surface area (Å²) in [5, 5.41) is 47.3. The van der Waals surface area contributed by atoms with Gasteiger partial charge in [0.15, 0.2) is 23.4 Å². The van der Waals surface area contributed by atoms with Gasteiger partial charge in [0.25, 0.3) is 0 Å². The number of likely N-dealkylation sites (tertiary alicyclic amines) is 2. The number of carboxylic acids is 1. The van der Waals surface area contributed by atoms with Crippen LogP contribution >= 0.6 is 0 Å². The zero-order chi connectivity index (χ0) is 62.2. The summed E-state index contributed by atoms with van der Waals surface area (Å²) in [7, 11) is 0. The van der Waals surface area contributed by atoms with Crippen molar-refractivity contribution in [2.75, 3.05) is 44.6 Å². The van der Waals surface area contributed by atoms with Crippen LogP contribution in [0.4, 0.5) is 11.4 Å². The quantitative estimate of drug-likeness (QED) is 0.0103. The highest BCUT2D eigenvalue weighted by molar-refractivity contribution is 5.99. The second-order valence-corrected chi connectivity index (χ2v) is 20.3. The Balaban J connectivity index is 1.44. The first-order chi connectivity index (χ1) is 39.8.